The van der Waals surface area contributed by atoms with E-state index in [-0.39, 0.29) is 30.8 Å². The number of aliphatic carboxylic acids is 1. The average Bonchev–Trinajstić information content (AvgIpc) is 3.86. The summed E-state index contributed by atoms with van der Waals surface area (Å²) in [5.41, 5.74) is 6.96. The first-order chi connectivity index (χ1) is 33.8. The van der Waals surface area contributed by atoms with Crippen molar-refractivity contribution in [3.05, 3.63) is 90.0 Å². The van der Waals surface area contributed by atoms with Crippen molar-refractivity contribution in [3.8, 4) is 0 Å². The number of thiol groups is 2. The van der Waals surface area contributed by atoms with Gasteiger partial charge in [-0.3, -0.25) is 52.7 Å². The van der Waals surface area contributed by atoms with Gasteiger partial charge >= 0.3 is 5.97 Å². The number of nitrogens with zero attached hydrogens (tertiary/aromatic N) is 1. The number of carboxylic acids is 1. The highest BCUT2D eigenvalue weighted by atomic mass is 32.1. The fourth-order valence-corrected chi connectivity index (χ4v) is 7.01. The van der Waals surface area contributed by atoms with Gasteiger partial charge in [0.25, 0.3) is 0 Å². The van der Waals surface area contributed by atoms with Gasteiger partial charge < -0.3 is 68.8 Å². The van der Waals surface area contributed by atoms with Crippen molar-refractivity contribution in [1.82, 2.24) is 57.8 Å². The Bertz CT molecular complexity index is 2310. The number of rotatable bonds is 30. The summed E-state index contributed by atoms with van der Waals surface area (Å²) in [5.74, 6) is -10.5. The molecule has 2 aromatic carbocycles. The van der Waals surface area contributed by atoms with Crippen molar-refractivity contribution < 1.29 is 63.0 Å². The maximum absolute atomic E-state index is 13.7. The van der Waals surface area contributed by atoms with E-state index >= 15 is 0 Å². The van der Waals surface area contributed by atoms with Gasteiger partial charge in [0, 0.05) is 56.0 Å². The molecular formula is C44H58N12O13S2. The summed E-state index contributed by atoms with van der Waals surface area (Å²) in [4.78, 5) is 148. The number of amides is 10. The van der Waals surface area contributed by atoms with Gasteiger partial charge in [0.2, 0.25) is 59.1 Å². The minimum Gasteiger partial charge on any atom is -0.481 e. The molecule has 3 aromatic rings. The van der Waals surface area contributed by atoms with Crippen LogP contribution >= 0.6 is 25.3 Å². The zero-order chi connectivity index (χ0) is 52.5. The van der Waals surface area contributed by atoms with Gasteiger partial charge in [-0.05, 0) is 17.5 Å². The summed E-state index contributed by atoms with van der Waals surface area (Å²) in [6.07, 6.45) is 1.76. The topological polar surface area (TPSA) is 391 Å². The molecule has 10 amide bonds. The second-order valence-corrected chi connectivity index (χ2v) is 16.4. The molecule has 71 heavy (non-hydrogen) atoms. The molecule has 0 bridgehead atoms. The number of aliphatic hydroxyl groups is 1. The number of hydrogen-bond acceptors (Lipinski definition) is 15. The van der Waals surface area contributed by atoms with Crippen LogP contribution in [0.4, 0.5) is 0 Å². The predicted molar refractivity (Wildman–Crippen MR) is 259 cm³/mol. The number of nitrogens with two attached hydrogens (primary N) is 1. The number of aromatic amines is 1. The van der Waals surface area contributed by atoms with E-state index in [1.807, 2.05) is 0 Å². The van der Waals surface area contributed by atoms with Crippen LogP contribution in [-0.2, 0) is 72.0 Å². The molecule has 0 fully saturated rings. The summed E-state index contributed by atoms with van der Waals surface area (Å²) in [6.45, 7) is -1.27. The lowest BCUT2D eigenvalue weighted by Gasteiger charge is -2.25. The molecule has 1 heterocycles. The highest BCUT2D eigenvalue weighted by Gasteiger charge is 2.32. The van der Waals surface area contributed by atoms with Crippen LogP contribution in [0.25, 0.3) is 0 Å². The van der Waals surface area contributed by atoms with Crippen LogP contribution in [0.15, 0.2) is 73.2 Å². The normalized spacial score (nSPS) is 13.7. The van der Waals surface area contributed by atoms with Crippen LogP contribution < -0.4 is 53.6 Å². The molecular weight excluding hydrogens is 969 g/mol. The summed E-state index contributed by atoms with van der Waals surface area (Å²) in [7, 11) is 0. The molecule has 0 aliphatic rings. The van der Waals surface area contributed by atoms with Crippen LogP contribution in [0.3, 0.4) is 0 Å². The lowest BCUT2D eigenvalue weighted by atomic mass is 10.0. The molecule has 1 aromatic heterocycles. The Morgan fingerprint density at radius 3 is 1.46 bits per heavy atom. The van der Waals surface area contributed by atoms with Gasteiger partial charge in [-0.25, -0.2) is 4.98 Å². The Labute approximate surface area is 418 Å². The summed E-state index contributed by atoms with van der Waals surface area (Å²) in [5, 5.41) is 40.8. The van der Waals surface area contributed by atoms with Gasteiger partial charge in [-0.1, -0.05) is 60.7 Å². The van der Waals surface area contributed by atoms with E-state index in [9.17, 15) is 57.8 Å². The van der Waals surface area contributed by atoms with E-state index in [1.165, 1.54) is 19.4 Å². The first-order valence-corrected chi connectivity index (χ1v) is 23.1. The zero-order valence-corrected chi connectivity index (χ0v) is 40.1. The molecule has 27 heteroatoms. The van der Waals surface area contributed by atoms with E-state index < -0.39 is 140 Å². The molecule has 0 radical (unpaired) electrons. The molecule has 0 saturated heterocycles. The number of hydrogen-bond donors (Lipinski definition) is 15. The van der Waals surface area contributed by atoms with E-state index in [0.29, 0.717) is 16.8 Å². The number of aliphatic hydroxyl groups excluding tert-OH is 1. The van der Waals surface area contributed by atoms with Gasteiger partial charge in [-0.2, -0.15) is 25.3 Å². The van der Waals surface area contributed by atoms with Crippen molar-refractivity contribution in [2.75, 3.05) is 31.2 Å². The van der Waals surface area contributed by atoms with Crippen LogP contribution in [-0.4, -0.2) is 159 Å². The lowest BCUT2D eigenvalue weighted by Crippen LogP contribution is -2.59. The maximum atomic E-state index is 13.7. The number of aromatic nitrogens is 2. The number of primary amides is 1. The van der Waals surface area contributed by atoms with Crippen LogP contribution in [0, 0.1) is 0 Å². The first kappa shape index (κ1) is 57.8. The minimum atomic E-state index is -1.70. The van der Waals surface area contributed by atoms with Crippen molar-refractivity contribution in [2.24, 2.45) is 5.73 Å². The standard InChI is InChI=1S/C44H58N12O13S2/c1-24(58)50-31(16-27-17-46-23-49-27)43(68)53-29(14-25-8-4-2-5-9-25)39(64)47-19-36(60)52-34(22-71)44(69)54-30(15-26-10-6-3-7-11-26)42(67)55-32(20-57)40(65)48-18-35(59)51-28(12-13-37(61)62)41(66)56-33(21-70)38(45)63/h2-11,17,23,28-34,57,70-71H,12-16,18-22H2,1H3,(H2,45,63)(H,46,49)(H,47,64)(H,48,65)(H,50,58)(H,51,59)(H,52,60)(H,53,68)(H,54,69)(H,55,67)(H,56,66)(H,61,62)/t28-,29-,30+,31-,32-,33-,34-/m0/s1. The Kier molecular flexibility index (Phi) is 24.6. The molecule has 384 valence electrons. The maximum Gasteiger partial charge on any atom is 0.303 e. The third kappa shape index (κ3) is 20.9. The second-order valence-electron chi connectivity index (χ2n) is 15.7. The quantitative estimate of drug-likeness (QED) is 0.0279. The molecule has 0 aliphatic heterocycles. The Morgan fingerprint density at radius 1 is 0.577 bits per heavy atom. The first-order valence-electron chi connectivity index (χ1n) is 21.8. The minimum absolute atomic E-state index is 0.00736. The lowest BCUT2D eigenvalue weighted by molar-refractivity contribution is -0.138. The summed E-state index contributed by atoms with van der Waals surface area (Å²) in [6, 6.07) is 7.39. The van der Waals surface area contributed by atoms with E-state index in [4.69, 9.17) is 10.8 Å². The largest absolute Gasteiger partial charge is 0.481 e. The Morgan fingerprint density at radius 2 is 1.01 bits per heavy atom. The Hall–Kier alpha value is -7.52. The number of carboxylic acid groups (broad SMARTS) is 1. The van der Waals surface area contributed by atoms with E-state index in [2.05, 4.69) is 83.1 Å². The second kappa shape index (κ2) is 30.2. The molecule has 0 saturated carbocycles. The molecule has 0 aliphatic carbocycles. The van der Waals surface area contributed by atoms with E-state index in [0.717, 1.165) is 0 Å². The molecule has 0 spiro atoms. The fourth-order valence-electron chi connectivity index (χ4n) is 6.48. The number of nitrogens with one attached hydrogen (secondary N) is 10. The third-order valence-electron chi connectivity index (χ3n) is 10.1. The van der Waals surface area contributed by atoms with Crippen molar-refractivity contribution >= 4 is 90.3 Å². The number of H-pyrrole nitrogens is 1. The smallest absolute Gasteiger partial charge is 0.303 e. The van der Waals surface area contributed by atoms with Crippen molar-refractivity contribution in [2.45, 2.75) is 81.3 Å². The molecule has 7 atom stereocenters. The van der Waals surface area contributed by atoms with Crippen molar-refractivity contribution in [1.29, 1.82) is 0 Å². The Balaban J connectivity index is 1.67. The predicted octanol–water partition coefficient (Wildman–Crippen LogP) is -4.71. The number of carbonyl (C=O) groups is 11. The van der Waals surface area contributed by atoms with Crippen LogP contribution in [0.1, 0.15) is 36.6 Å². The molecule has 25 nitrogen and oxygen atoms in total. The summed E-state index contributed by atoms with van der Waals surface area (Å²) >= 11 is 8.12. The van der Waals surface area contributed by atoms with Gasteiger partial charge in [0.1, 0.15) is 42.3 Å². The molecule has 3 rings (SSSR count). The number of imidazole rings is 1. The number of carbonyl (C=O) groups excluding carboxylic acids is 10. The van der Waals surface area contributed by atoms with Gasteiger partial charge in [0.05, 0.1) is 26.0 Å². The fraction of sp³-hybridized carbons (Fsp3) is 0.409. The molecule has 14 N–H and O–H groups in total. The van der Waals surface area contributed by atoms with Crippen LogP contribution in [0.2, 0.25) is 0 Å². The third-order valence-corrected chi connectivity index (χ3v) is 10.9. The van der Waals surface area contributed by atoms with Gasteiger partial charge in [-0.15, -0.1) is 0 Å². The highest BCUT2D eigenvalue weighted by molar-refractivity contribution is 7.80. The SMILES string of the molecule is CC(=O)N[C@@H](Cc1cnc[nH]1)C(=O)N[C@@H](Cc1ccccc1)C(=O)NCC(=O)N[C@@H](CS)C(=O)N[C@H](Cc1ccccc1)C(=O)N[C@@H](CO)C(=O)NCC(=O)N[C@@H](CCC(=O)O)C(=O)N[C@@H](CS)C(N)=O. The van der Waals surface area contributed by atoms with Crippen LogP contribution in [0.5, 0.6) is 0 Å². The highest BCUT2D eigenvalue weighted by Crippen LogP contribution is 2.08. The summed E-state index contributed by atoms with van der Waals surface area (Å²) < 4.78 is 0. The average molecular weight is 1030 g/mol. The number of benzene rings is 2. The monoisotopic (exact) mass is 1030 g/mol. The van der Waals surface area contributed by atoms with Crippen molar-refractivity contribution in [3.63, 3.8) is 0 Å². The molecule has 0 unspecified atom stereocenters. The van der Waals surface area contributed by atoms with E-state index in [1.54, 1.807) is 60.7 Å². The zero-order valence-electron chi connectivity index (χ0n) is 38.3. The van der Waals surface area contributed by atoms with Gasteiger partial charge in [0.15, 0.2) is 0 Å².